The van der Waals surface area contributed by atoms with Crippen LogP contribution in [0.1, 0.15) is 20.7 Å². The highest BCUT2D eigenvalue weighted by Gasteiger charge is 2.35. The van der Waals surface area contributed by atoms with Crippen molar-refractivity contribution in [3.63, 3.8) is 0 Å². The first-order valence-electron chi connectivity index (χ1n) is 5.29. The number of imide groups is 1. The van der Waals surface area contributed by atoms with Gasteiger partial charge in [0.25, 0.3) is 11.8 Å². The van der Waals surface area contributed by atoms with Crippen LogP contribution in [0.3, 0.4) is 0 Å². The van der Waals surface area contributed by atoms with Crippen LogP contribution in [-0.2, 0) is 0 Å². The number of aliphatic hydroxyl groups excluding tert-OH is 1. The van der Waals surface area contributed by atoms with E-state index in [1.807, 2.05) is 0 Å². The molecule has 0 spiro atoms. The molecule has 1 aliphatic rings. The zero-order valence-electron chi connectivity index (χ0n) is 9.35. The van der Waals surface area contributed by atoms with Crippen molar-refractivity contribution in [1.82, 2.24) is 4.90 Å². The van der Waals surface area contributed by atoms with E-state index in [0.717, 1.165) is 4.90 Å². The second-order valence-electron chi connectivity index (χ2n) is 3.83. The fourth-order valence-electron chi connectivity index (χ4n) is 1.80. The van der Waals surface area contributed by atoms with Gasteiger partial charge in [0.15, 0.2) is 0 Å². The van der Waals surface area contributed by atoms with Gasteiger partial charge in [-0.05, 0) is 17.7 Å². The van der Waals surface area contributed by atoms with Crippen molar-refractivity contribution in [2.45, 2.75) is 6.10 Å². The van der Waals surface area contributed by atoms with Crippen LogP contribution in [0.15, 0.2) is 29.4 Å². The molecule has 1 N–H and O–H groups in total. The van der Waals surface area contributed by atoms with Gasteiger partial charge in [0.2, 0.25) is 0 Å². The first-order valence-corrected chi connectivity index (χ1v) is 5.29. The number of benzene rings is 1. The van der Waals surface area contributed by atoms with Crippen LogP contribution in [-0.4, -0.2) is 41.0 Å². The standard InChI is InChI=1S/C11H10N4O3/c12-14-13-5-7(16)6-15-10(17)8-3-1-2-4-9(8)11(15)18/h1-4,7,16H,5-6H2. The molecule has 0 saturated heterocycles. The lowest BCUT2D eigenvalue weighted by atomic mass is 10.1. The molecule has 7 nitrogen and oxygen atoms in total. The molecule has 0 aromatic heterocycles. The topological polar surface area (TPSA) is 106 Å². The van der Waals surface area contributed by atoms with Crippen molar-refractivity contribution in [2.75, 3.05) is 13.1 Å². The Bertz CT molecular complexity index is 516. The van der Waals surface area contributed by atoms with E-state index in [1.165, 1.54) is 0 Å². The van der Waals surface area contributed by atoms with Crippen molar-refractivity contribution in [3.8, 4) is 0 Å². The molecule has 0 radical (unpaired) electrons. The van der Waals surface area contributed by atoms with Crippen molar-refractivity contribution < 1.29 is 14.7 Å². The molecule has 1 unspecified atom stereocenters. The van der Waals surface area contributed by atoms with Crippen LogP contribution < -0.4 is 0 Å². The van der Waals surface area contributed by atoms with Gasteiger partial charge in [0.1, 0.15) is 0 Å². The van der Waals surface area contributed by atoms with Crippen LogP contribution in [0.5, 0.6) is 0 Å². The highest BCUT2D eigenvalue weighted by Crippen LogP contribution is 2.22. The first kappa shape index (κ1) is 12.1. The molecule has 7 heteroatoms. The molecule has 0 aliphatic carbocycles. The third-order valence-electron chi connectivity index (χ3n) is 2.63. The summed E-state index contributed by atoms with van der Waals surface area (Å²) in [7, 11) is 0. The highest BCUT2D eigenvalue weighted by molar-refractivity contribution is 6.21. The molecule has 1 aromatic rings. The Morgan fingerprint density at radius 3 is 2.33 bits per heavy atom. The summed E-state index contributed by atoms with van der Waals surface area (Å²) in [5.41, 5.74) is 8.79. The Labute approximate surface area is 102 Å². The number of rotatable bonds is 4. The van der Waals surface area contributed by atoms with E-state index in [9.17, 15) is 14.7 Å². The predicted molar refractivity (Wildman–Crippen MR) is 61.8 cm³/mol. The van der Waals surface area contributed by atoms with Crippen LogP contribution in [0.2, 0.25) is 0 Å². The van der Waals surface area contributed by atoms with Gasteiger partial charge in [0.05, 0.1) is 30.3 Å². The summed E-state index contributed by atoms with van der Waals surface area (Å²) < 4.78 is 0. The largest absolute Gasteiger partial charge is 0.391 e. The van der Waals surface area contributed by atoms with Crippen LogP contribution >= 0.6 is 0 Å². The number of hydrogen-bond acceptors (Lipinski definition) is 4. The maximum atomic E-state index is 11.9. The summed E-state index contributed by atoms with van der Waals surface area (Å²) in [5.74, 6) is -0.869. The number of nitrogens with zero attached hydrogens (tertiary/aromatic N) is 4. The first-order chi connectivity index (χ1) is 8.65. The Hall–Kier alpha value is -2.37. The zero-order chi connectivity index (χ0) is 13.1. The van der Waals surface area contributed by atoms with E-state index in [0.29, 0.717) is 11.1 Å². The predicted octanol–water partition coefficient (Wildman–Crippen LogP) is 0.954. The van der Waals surface area contributed by atoms with Crippen molar-refractivity contribution in [2.24, 2.45) is 5.11 Å². The van der Waals surface area contributed by atoms with E-state index in [1.54, 1.807) is 24.3 Å². The van der Waals surface area contributed by atoms with E-state index in [-0.39, 0.29) is 13.1 Å². The number of hydrogen-bond donors (Lipinski definition) is 1. The van der Waals surface area contributed by atoms with Crippen molar-refractivity contribution in [3.05, 3.63) is 45.8 Å². The summed E-state index contributed by atoms with van der Waals surface area (Å²) in [6.45, 7) is -0.352. The van der Waals surface area contributed by atoms with E-state index < -0.39 is 17.9 Å². The SMILES string of the molecule is [N-]=[N+]=NCC(O)CN1C(=O)c2ccccc2C1=O. The van der Waals surface area contributed by atoms with E-state index in [2.05, 4.69) is 10.0 Å². The molecule has 0 saturated carbocycles. The molecule has 18 heavy (non-hydrogen) atoms. The van der Waals surface area contributed by atoms with E-state index in [4.69, 9.17) is 5.53 Å². The monoisotopic (exact) mass is 246 g/mol. The maximum Gasteiger partial charge on any atom is 0.261 e. The molecule has 1 aliphatic heterocycles. The van der Waals surface area contributed by atoms with Crippen molar-refractivity contribution >= 4 is 11.8 Å². The van der Waals surface area contributed by atoms with E-state index >= 15 is 0 Å². The Balaban J connectivity index is 2.16. The second kappa shape index (κ2) is 4.87. The van der Waals surface area contributed by atoms with Gasteiger partial charge < -0.3 is 5.11 Å². The molecule has 2 amide bonds. The minimum atomic E-state index is -1.05. The minimum absolute atomic E-state index is 0.175. The van der Waals surface area contributed by atoms with Gasteiger partial charge in [-0.1, -0.05) is 17.2 Å². The number of amides is 2. The average Bonchev–Trinajstić information content (AvgIpc) is 2.62. The quantitative estimate of drug-likeness (QED) is 0.370. The van der Waals surface area contributed by atoms with Gasteiger partial charge in [-0.25, -0.2) is 0 Å². The number of carbonyl (C=O) groups is 2. The Morgan fingerprint density at radius 2 is 1.83 bits per heavy atom. The van der Waals surface area contributed by atoms with Gasteiger partial charge in [-0.2, -0.15) is 0 Å². The smallest absolute Gasteiger partial charge is 0.261 e. The molecule has 1 aromatic carbocycles. The number of fused-ring (bicyclic) bond motifs is 1. The Morgan fingerprint density at radius 1 is 1.28 bits per heavy atom. The third-order valence-corrected chi connectivity index (χ3v) is 2.63. The summed E-state index contributed by atoms with van der Waals surface area (Å²) in [6, 6.07) is 6.47. The van der Waals surface area contributed by atoms with Crippen LogP contribution in [0.25, 0.3) is 10.4 Å². The van der Waals surface area contributed by atoms with Crippen LogP contribution in [0.4, 0.5) is 0 Å². The molecule has 2 rings (SSSR count). The second-order valence-corrected chi connectivity index (χ2v) is 3.83. The van der Waals surface area contributed by atoms with Gasteiger partial charge >= 0.3 is 0 Å². The summed E-state index contributed by atoms with van der Waals surface area (Å²) in [4.78, 5) is 27.3. The fourth-order valence-corrected chi connectivity index (χ4v) is 1.80. The molecule has 0 fully saturated rings. The van der Waals surface area contributed by atoms with Crippen molar-refractivity contribution in [1.29, 1.82) is 0 Å². The zero-order valence-corrected chi connectivity index (χ0v) is 9.35. The van der Waals surface area contributed by atoms with Gasteiger partial charge in [0, 0.05) is 4.91 Å². The molecule has 92 valence electrons. The number of β-amino-alcohol motifs (C(OH)–C–C–N with tert-alkyl or cyclic N) is 1. The molecular formula is C11H10N4O3. The lowest BCUT2D eigenvalue weighted by Crippen LogP contribution is -2.37. The maximum absolute atomic E-state index is 11.9. The Kier molecular flexibility index (Phi) is 3.27. The number of carbonyl (C=O) groups excluding carboxylic acids is 2. The molecule has 1 atom stereocenters. The molecule has 1 heterocycles. The minimum Gasteiger partial charge on any atom is -0.391 e. The molecule has 0 bridgehead atoms. The third kappa shape index (κ3) is 2.04. The average molecular weight is 246 g/mol. The lowest BCUT2D eigenvalue weighted by Gasteiger charge is -2.16. The normalized spacial score (nSPS) is 15.3. The number of aliphatic hydroxyl groups is 1. The summed E-state index contributed by atoms with van der Waals surface area (Å²) >= 11 is 0. The number of azide groups is 1. The summed E-state index contributed by atoms with van der Waals surface area (Å²) in [5, 5.41) is 12.7. The lowest BCUT2D eigenvalue weighted by molar-refractivity contribution is 0.0554. The fraction of sp³-hybridized carbons (Fsp3) is 0.273. The highest BCUT2D eigenvalue weighted by atomic mass is 16.3. The van der Waals surface area contributed by atoms with Crippen LogP contribution in [0, 0.1) is 0 Å². The molecular weight excluding hydrogens is 236 g/mol. The van der Waals surface area contributed by atoms with Gasteiger partial charge in [-0.3, -0.25) is 14.5 Å². The van der Waals surface area contributed by atoms with Gasteiger partial charge in [-0.15, -0.1) is 0 Å². The summed E-state index contributed by atoms with van der Waals surface area (Å²) in [6.07, 6.45) is -1.05.